The summed E-state index contributed by atoms with van der Waals surface area (Å²) in [5.74, 6) is -2.07. The van der Waals surface area contributed by atoms with Gasteiger partial charge in [0.15, 0.2) is 6.61 Å². The Labute approximate surface area is 132 Å². The average Bonchev–Trinajstić information content (AvgIpc) is 2.60. The van der Waals surface area contributed by atoms with Gasteiger partial charge in [-0.15, -0.1) is 0 Å². The van der Waals surface area contributed by atoms with Gasteiger partial charge in [-0.3, -0.25) is 14.9 Å². The summed E-state index contributed by atoms with van der Waals surface area (Å²) in [4.78, 5) is 35.2. The molecule has 0 spiro atoms. The van der Waals surface area contributed by atoms with Crippen molar-refractivity contribution in [3.8, 4) is 5.75 Å². The Bertz CT molecular complexity index is 638. The SMILES string of the molecule is COc1ccccc1C(=O)NC(=O)COC(=O)C1=COCCO1. The largest absolute Gasteiger partial charge is 0.496 e. The standard InChI is InChI=1S/C15H15NO7/c1-20-11-5-3-2-4-10(11)14(18)16-13(17)9-23-15(19)12-8-21-6-7-22-12/h2-5,8H,6-7,9H2,1H3,(H,16,17,18). The van der Waals surface area contributed by atoms with Crippen LogP contribution in [0.3, 0.4) is 0 Å². The third kappa shape index (κ3) is 4.47. The van der Waals surface area contributed by atoms with Crippen LogP contribution in [0.4, 0.5) is 0 Å². The number of amides is 2. The molecule has 1 heterocycles. The summed E-state index contributed by atoms with van der Waals surface area (Å²) >= 11 is 0. The van der Waals surface area contributed by atoms with Gasteiger partial charge in [-0.05, 0) is 12.1 Å². The van der Waals surface area contributed by atoms with Gasteiger partial charge in [0.25, 0.3) is 11.8 Å². The van der Waals surface area contributed by atoms with Crippen LogP contribution in [0.2, 0.25) is 0 Å². The predicted octanol–water partition coefficient (Wildman–Crippen LogP) is 0.383. The molecule has 2 rings (SSSR count). The van der Waals surface area contributed by atoms with E-state index in [4.69, 9.17) is 18.9 Å². The van der Waals surface area contributed by atoms with Crippen molar-refractivity contribution in [2.45, 2.75) is 0 Å². The molecule has 0 bridgehead atoms. The van der Waals surface area contributed by atoms with Crippen molar-refractivity contribution in [3.63, 3.8) is 0 Å². The maximum atomic E-state index is 12.0. The summed E-state index contributed by atoms with van der Waals surface area (Å²) in [5.41, 5.74) is 0.196. The molecule has 8 heteroatoms. The van der Waals surface area contributed by atoms with Crippen LogP contribution >= 0.6 is 0 Å². The van der Waals surface area contributed by atoms with Crippen molar-refractivity contribution in [2.24, 2.45) is 0 Å². The molecule has 1 aromatic carbocycles. The van der Waals surface area contributed by atoms with Crippen molar-refractivity contribution in [1.29, 1.82) is 0 Å². The molecule has 0 fully saturated rings. The number of benzene rings is 1. The summed E-state index contributed by atoms with van der Waals surface area (Å²) in [6, 6.07) is 6.42. The lowest BCUT2D eigenvalue weighted by Crippen LogP contribution is -2.34. The Morgan fingerprint density at radius 1 is 1.22 bits per heavy atom. The topological polar surface area (TPSA) is 100 Å². The second-order valence-corrected chi connectivity index (χ2v) is 4.36. The summed E-state index contributed by atoms with van der Waals surface area (Å²) < 4.78 is 19.7. The Balaban J connectivity index is 1.86. The van der Waals surface area contributed by atoms with E-state index in [1.165, 1.54) is 13.2 Å². The molecule has 1 aromatic rings. The number of hydrogen-bond acceptors (Lipinski definition) is 7. The predicted molar refractivity (Wildman–Crippen MR) is 76.4 cm³/mol. The quantitative estimate of drug-likeness (QED) is 0.783. The monoisotopic (exact) mass is 321 g/mol. The highest BCUT2D eigenvalue weighted by Gasteiger charge is 2.19. The van der Waals surface area contributed by atoms with Crippen LogP contribution in [0.25, 0.3) is 0 Å². The zero-order chi connectivity index (χ0) is 16.7. The Kier molecular flexibility index (Phi) is 5.56. The van der Waals surface area contributed by atoms with Crippen LogP contribution < -0.4 is 10.1 Å². The lowest BCUT2D eigenvalue weighted by molar-refractivity contribution is -0.149. The molecular formula is C15H15NO7. The summed E-state index contributed by atoms with van der Waals surface area (Å²) in [5, 5.41) is 2.10. The molecule has 1 aliphatic rings. The number of esters is 1. The van der Waals surface area contributed by atoms with Crippen molar-refractivity contribution in [1.82, 2.24) is 5.32 Å². The highest BCUT2D eigenvalue weighted by atomic mass is 16.6. The van der Waals surface area contributed by atoms with Gasteiger partial charge in [-0.1, -0.05) is 12.1 Å². The summed E-state index contributed by atoms with van der Waals surface area (Å²) in [7, 11) is 1.41. The van der Waals surface area contributed by atoms with E-state index in [-0.39, 0.29) is 17.9 Å². The molecule has 0 unspecified atom stereocenters. The number of imide groups is 1. The molecule has 1 N–H and O–H groups in total. The molecule has 2 amide bonds. The summed E-state index contributed by atoms with van der Waals surface area (Å²) in [6.45, 7) is -0.0650. The fraction of sp³-hybridized carbons (Fsp3) is 0.267. The number of hydrogen-bond donors (Lipinski definition) is 1. The van der Waals surface area contributed by atoms with Gasteiger partial charge in [-0.2, -0.15) is 0 Å². The summed E-state index contributed by atoms with van der Waals surface area (Å²) in [6.07, 6.45) is 1.11. The smallest absolute Gasteiger partial charge is 0.377 e. The Morgan fingerprint density at radius 2 is 2.00 bits per heavy atom. The van der Waals surface area contributed by atoms with Crippen molar-refractivity contribution in [2.75, 3.05) is 26.9 Å². The molecule has 0 aromatic heterocycles. The van der Waals surface area contributed by atoms with Crippen LogP contribution in [0.5, 0.6) is 5.75 Å². The van der Waals surface area contributed by atoms with E-state index in [1.807, 2.05) is 0 Å². The fourth-order valence-corrected chi connectivity index (χ4v) is 1.74. The molecule has 0 aliphatic carbocycles. The van der Waals surface area contributed by atoms with Crippen molar-refractivity contribution in [3.05, 3.63) is 41.9 Å². The lowest BCUT2D eigenvalue weighted by Gasteiger charge is -2.14. The first-order valence-corrected chi connectivity index (χ1v) is 6.70. The molecule has 23 heavy (non-hydrogen) atoms. The second kappa shape index (κ2) is 7.83. The third-order valence-electron chi connectivity index (χ3n) is 2.79. The van der Waals surface area contributed by atoms with E-state index in [9.17, 15) is 14.4 Å². The lowest BCUT2D eigenvalue weighted by atomic mass is 10.2. The first-order valence-electron chi connectivity index (χ1n) is 6.70. The van der Waals surface area contributed by atoms with Gasteiger partial charge in [0, 0.05) is 0 Å². The highest BCUT2D eigenvalue weighted by Crippen LogP contribution is 2.16. The second-order valence-electron chi connectivity index (χ2n) is 4.36. The zero-order valence-electron chi connectivity index (χ0n) is 12.4. The minimum Gasteiger partial charge on any atom is -0.496 e. The molecular weight excluding hydrogens is 306 g/mol. The Morgan fingerprint density at radius 3 is 2.70 bits per heavy atom. The fourth-order valence-electron chi connectivity index (χ4n) is 1.74. The normalized spacial score (nSPS) is 13.0. The van der Waals surface area contributed by atoms with E-state index >= 15 is 0 Å². The maximum Gasteiger partial charge on any atom is 0.377 e. The molecule has 0 atom stereocenters. The van der Waals surface area contributed by atoms with E-state index < -0.39 is 24.4 Å². The average molecular weight is 321 g/mol. The van der Waals surface area contributed by atoms with Gasteiger partial charge in [0.2, 0.25) is 5.76 Å². The number of nitrogens with one attached hydrogen (secondary N) is 1. The number of carbonyl (C=O) groups excluding carboxylic acids is 3. The number of carbonyl (C=O) groups is 3. The van der Waals surface area contributed by atoms with Gasteiger partial charge < -0.3 is 18.9 Å². The van der Waals surface area contributed by atoms with E-state index in [2.05, 4.69) is 5.32 Å². The van der Waals surface area contributed by atoms with Crippen LogP contribution in [0.1, 0.15) is 10.4 Å². The minimum atomic E-state index is -0.843. The van der Waals surface area contributed by atoms with Crippen LogP contribution in [-0.2, 0) is 23.8 Å². The first-order chi connectivity index (χ1) is 11.1. The number of para-hydroxylation sites is 1. The van der Waals surface area contributed by atoms with Crippen LogP contribution in [0.15, 0.2) is 36.3 Å². The van der Waals surface area contributed by atoms with Gasteiger partial charge in [0.1, 0.15) is 25.2 Å². The molecule has 0 saturated carbocycles. The Hall–Kier alpha value is -3.03. The van der Waals surface area contributed by atoms with Gasteiger partial charge in [0.05, 0.1) is 12.7 Å². The van der Waals surface area contributed by atoms with Gasteiger partial charge >= 0.3 is 5.97 Å². The molecule has 0 saturated heterocycles. The van der Waals surface area contributed by atoms with E-state index in [1.54, 1.807) is 18.2 Å². The van der Waals surface area contributed by atoms with Crippen LogP contribution in [-0.4, -0.2) is 44.7 Å². The number of rotatable bonds is 5. The van der Waals surface area contributed by atoms with Crippen molar-refractivity contribution >= 4 is 17.8 Å². The molecule has 1 aliphatic heterocycles. The minimum absolute atomic E-state index is 0.125. The van der Waals surface area contributed by atoms with E-state index in [0.29, 0.717) is 12.4 Å². The number of ether oxygens (including phenoxy) is 4. The van der Waals surface area contributed by atoms with E-state index in [0.717, 1.165) is 6.26 Å². The maximum absolute atomic E-state index is 12.0. The molecule has 8 nitrogen and oxygen atoms in total. The molecule has 0 radical (unpaired) electrons. The van der Waals surface area contributed by atoms with Crippen LogP contribution in [0, 0.1) is 0 Å². The molecule has 122 valence electrons. The van der Waals surface area contributed by atoms with Crippen molar-refractivity contribution < 1.29 is 33.3 Å². The third-order valence-corrected chi connectivity index (χ3v) is 2.79. The van der Waals surface area contributed by atoms with Gasteiger partial charge in [-0.25, -0.2) is 4.79 Å². The number of methoxy groups -OCH3 is 1. The highest BCUT2D eigenvalue weighted by molar-refractivity contribution is 6.06. The first kappa shape index (κ1) is 16.3. The zero-order valence-corrected chi connectivity index (χ0v) is 12.4.